The van der Waals surface area contributed by atoms with Crippen LogP contribution in [0.1, 0.15) is 74.4 Å². The summed E-state index contributed by atoms with van der Waals surface area (Å²) < 4.78 is 2.19. The molecular formula is C20H24N4O3S. The number of carbonyl (C=O) groups is 2. The first-order chi connectivity index (χ1) is 13.5. The maximum absolute atomic E-state index is 11.5. The van der Waals surface area contributed by atoms with Gasteiger partial charge in [0, 0.05) is 18.4 Å². The van der Waals surface area contributed by atoms with Gasteiger partial charge >= 0.3 is 5.97 Å². The number of fused-ring (bicyclic) bond motifs is 3. The van der Waals surface area contributed by atoms with Gasteiger partial charge in [0.15, 0.2) is 5.13 Å². The molecule has 7 nitrogen and oxygen atoms in total. The van der Waals surface area contributed by atoms with E-state index in [0.29, 0.717) is 23.9 Å². The predicted octanol–water partition coefficient (Wildman–Crippen LogP) is 3.76. The van der Waals surface area contributed by atoms with E-state index in [1.807, 2.05) is 0 Å². The molecule has 3 aliphatic carbocycles. The molecule has 2 aromatic rings. The van der Waals surface area contributed by atoms with Gasteiger partial charge < -0.3 is 10.4 Å². The molecule has 0 atom stereocenters. The number of aromatic nitrogens is 3. The van der Waals surface area contributed by atoms with Gasteiger partial charge in [-0.05, 0) is 51.4 Å². The molecule has 8 heteroatoms. The Morgan fingerprint density at radius 1 is 1.14 bits per heavy atom. The summed E-state index contributed by atoms with van der Waals surface area (Å²) in [5, 5.41) is 17.9. The Bertz CT molecular complexity index is 951. The standard InChI is InChI=1S/C20H24N4O3S/c1-10(25)21-20-22-15-9-8-14-16(11-2-3-11)23-24(17(14)18(15)28-20)13-6-4-12(5-7-13)19(26)27/h11-13H,2-9H2,1H3,(H,26,27)(H,21,22,25)/t12-,13+. The van der Waals surface area contributed by atoms with Crippen LogP contribution in [-0.4, -0.2) is 31.7 Å². The van der Waals surface area contributed by atoms with E-state index < -0.39 is 5.97 Å². The molecule has 0 unspecified atom stereocenters. The molecule has 3 aliphatic rings. The number of aliphatic carboxylic acids is 1. The SMILES string of the molecule is CC(=O)Nc1nc2c(s1)-c1c(c(C3CC3)nn1[C@H]1CC[C@@H](C(=O)O)CC1)CC2. The molecule has 2 saturated carbocycles. The van der Waals surface area contributed by atoms with Gasteiger partial charge in [-0.1, -0.05) is 11.3 Å². The molecule has 28 heavy (non-hydrogen) atoms. The summed E-state index contributed by atoms with van der Waals surface area (Å²) in [7, 11) is 0. The third-order valence-electron chi connectivity index (χ3n) is 6.20. The topological polar surface area (TPSA) is 97.1 Å². The number of anilines is 1. The lowest BCUT2D eigenvalue weighted by Crippen LogP contribution is -2.24. The normalized spacial score (nSPS) is 23.8. The number of hydrogen-bond donors (Lipinski definition) is 2. The summed E-state index contributed by atoms with van der Waals surface area (Å²) in [6.45, 7) is 1.50. The van der Waals surface area contributed by atoms with Gasteiger partial charge in [0.1, 0.15) is 0 Å². The van der Waals surface area contributed by atoms with Gasteiger partial charge in [0.25, 0.3) is 0 Å². The number of carboxylic acid groups (broad SMARTS) is 1. The van der Waals surface area contributed by atoms with Crippen molar-refractivity contribution in [1.29, 1.82) is 0 Å². The van der Waals surface area contributed by atoms with Crippen LogP contribution in [0.5, 0.6) is 0 Å². The molecule has 2 fully saturated rings. The second kappa shape index (κ2) is 6.69. The maximum Gasteiger partial charge on any atom is 0.306 e. The lowest BCUT2D eigenvalue weighted by atomic mass is 9.86. The van der Waals surface area contributed by atoms with Crippen LogP contribution >= 0.6 is 11.3 Å². The van der Waals surface area contributed by atoms with E-state index in [2.05, 4.69) is 15.0 Å². The Morgan fingerprint density at radius 2 is 1.89 bits per heavy atom. The fraction of sp³-hybridized carbons (Fsp3) is 0.600. The van der Waals surface area contributed by atoms with E-state index >= 15 is 0 Å². The molecule has 5 rings (SSSR count). The van der Waals surface area contributed by atoms with Gasteiger partial charge in [-0.25, -0.2) is 4.98 Å². The number of hydrogen-bond acceptors (Lipinski definition) is 5. The van der Waals surface area contributed by atoms with E-state index in [-0.39, 0.29) is 17.9 Å². The summed E-state index contributed by atoms with van der Waals surface area (Å²) in [4.78, 5) is 28.6. The van der Waals surface area contributed by atoms with Crippen LogP contribution in [0.25, 0.3) is 10.6 Å². The predicted molar refractivity (Wildman–Crippen MR) is 106 cm³/mol. The quantitative estimate of drug-likeness (QED) is 0.814. The minimum atomic E-state index is -0.677. The van der Waals surface area contributed by atoms with Crippen LogP contribution in [0.15, 0.2) is 0 Å². The van der Waals surface area contributed by atoms with Crippen molar-refractivity contribution in [2.75, 3.05) is 5.32 Å². The van der Waals surface area contributed by atoms with Crippen molar-refractivity contribution in [2.24, 2.45) is 5.92 Å². The highest BCUT2D eigenvalue weighted by molar-refractivity contribution is 7.19. The van der Waals surface area contributed by atoms with E-state index in [1.165, 1.54) is 48.1 Å². The smallest absolute Gasteiger partial charge is 0.306 e. The molecule has 0 saturated heterocycles. The lowest BCUT2D eigenvalue weighted by molar-refractivity contribution is -0.143. The summed E-state index contributed by atoms with van der Waals surface area (Å²) in [5.41, 5.74) is 4.82. The Balaban J connectivity index is 1.53. The van der Waals surface area contributed by atoms with E-state index in [9.17, 15) is 14.7 Å². The van der Waals surface area contributed by atoms with Crippen LogP contribution < -0.4 is 5.32 Å². The zero-order valence-corrected chi connectivity index (χ0v) is 16.7. The summed E-state index contributed by atoms with van der Waals surface area (Å²) in [5.74, 6) is -0.430. The number of nitrogens with one attached hydrogen (secondary N) is 1. The number of amides is 1. The minimum Gasteiger partial charge on any atom is -0.481 e. The molecule has 0 bridgehead atoms. The molecule has 2 aromatic heterocycles. The van der Waals surface area contributed by atoms with E-state index in [0.717, 1.165) is 36.3 Å². The van der Waals surface area contributed by atoms with Crippen molar-refractivity contribution in [3.8, 4) is 10.6 Å². The summed E-state index contributed by atoms with van der Waals surface area (Å²) >= 11 is 1.54. The van der Waals surface area contributed by atoms with Gasteiger partial charge in [0.05, 0.1) is 33.9 Å². The van der Waals surface area contributed by atoms with Crippen molar-refractivity contribution in [1.82, 2.24) is 14.8 Å². The Hall–Kier alpha value is -2.22. The second-order valence-corrected chi connectivity index (χ2v) is 9.25. The van der Waals surface area contributed by atoms with E-state index in [4.69, 9.17) is 5.10 Å². The minimum absolute atomic E-state index is 0.106. The van der Waals surface area contributed by atoms with Crippen LogP contribution in [0.4, 0.5) is 5.13 Å². The van der Waals surface area contributed by atoms with Crippen molar-refractivity contribution < 1.29 is 14.7 Å². The van der Waals surface area contributed by atoms with Crippen molar-refractivity contribution >= 4 is 28.3 Å². The highest BCUT2D eigenvalue weighted by Crippen LogP contribution is 2.49. The molecule has 0 aromatic carbocycles. The van der Waals surface area contributed by atoms with Gasteiger partial charge in [-0.15, -0.1) is 0 Å². The zero-order valence-electron chi connectivity index (χ0n) is 15.9. The highest BCUT2D eigenvalue weighted by atomic mass is 32.1. The fourth-order valence-corrected chi connectivity index (χ4v) is 5.77. The van der Waals surface area contributed by atoms with Crippen LogP contribution in [-0.2, 0) is 22.4 Å². The zero-order chi connectivity index (χ0) is 19.4. The number of rotatable bonds is 4. The van der Waals surface area contributed by atoms with E-state index in [1.54, 1.807) is 0 Å². The van der Waals surface area contributed by atoms with Gasteiger partial charge in [0.2, 0.25) is 5.91 Å². The average molecular weight is 401 g/mol. The fourth-order valence-electron chi connectivity index (χ4n) is 4.64. The van der Waals surface area contributed by atoms with Crippen LogP contribution in [0.2, 0.25) is 0 Å². The largest absolute Gasteiger partial charge is 0.481 e. The molecule has 0 radical (unpaired) electrons. The first kappa shape index (κ1) is 17.8. The summed E-state index contributed by atoms with van der Waals surface area (Å²) in [6, 6.07) is 0.245. The third kappa shape index (κ3) is 3.03. The Labute approximate surface area is 167 Å². The van der Waals surface area contributed by atoms with Crippen molar-refractivity contribution in [3.05, 3.63) is 17.0 Å². The first-order valence-corrected chi connectivity index (χ1v) is 10.9. The molecular weight excluding hydrogens is 376 g/mol. The average Bonchev–Trinajstić information content (AvgIpc) is 3.31. The van der Waals surface area contributed by atoms with Crippen molar-refractivity contribution in [2.45, 2.75) is 70.3 Å². The monoisotopic (exact) mass is 400 g/mol. The third-order valence-corrected chi connectivity index (χ3v) is 7.22. The lowest BCUT2D eigenvalue weighted by Gasteiger charge is -2.28. The number of carboxylic acids is 1. The van der Waals surface area contributed by atoms with Gasteiger partial charge in [-0.3, -0.25) is 14.3 Å². The Morgan fingerprint density at radius 3 is 2.54 bits per heavy atom. The number of aryl methyl sites for hydroxylation is 1. The molecule has 0 aliphatic heterocycles. The summed E-state index contributed by atoms with van der Waals surface area (Å²) in [6.07, 6.45) is 7.37. The van der Waals surface area contributed by atoms with Gasteiger partial charge in [-0.2, -0.15) is 5.10 Å². The first-order valence-electron chi connectivity index (χ1n) is 10.1. The highest BCUT2D eigenvalue weighted by Gasteiger charge is 2.38. The molecule has 2 heterocycles. The second-order valence-electron chi connectivity index (χ2n) is 8.25. The number of thiazole rings is 1. The van der Waals surface area contributed by atoms with Crippen LogP contribution in [0.3, 0.4) is 0 Å². The number of nitrogens with zero attached hydrogens (tertiary/aromatic N) is 3. The molecule has 1 amide bonds. The van der Waals surface area contributed by atoms with Crippen molar-refractivity contribution in [3.63, 3.8) is 0 Å². The molecule has 2 N–H and O–H groups in total. The van der Waals surface area contributed by atoms with Crippen LogP contribution in [0, 0.1) is 5.92 Å². The molecule has 148 valence electrons. The number of carbonyl (C=O) groups excluding carboxylic acids is 1. The molecule has 0 spiro atoms. The maximum atomic E-state index is 11.5. The Kier molecular flexibility index (Phi) is 4.26.